The van der Waals surface area contributed by atoms with E-state index in [-0.39, 0.29) is 0 Å². The molecule has 15 heavy (non-hydrogen) atoms. The predicted molar refractivity (Wildman–Crippen MR) is 63.9 cm³/mol. The van der Waals surface area contributed by atoms with Gasteiger partial charge in [0.1, 0.15) is 0 Å². The SMILES string of the molecule is CCn1cc(CC(C)CC(C)NC)cn1. The molecule has 1 N–H and O–H groups in total. The maximum Gasteiger partial charge on any atom is 0.0521 e. The second kappa shape index (κ2) is 5.91. The molecular formula is C12H23N3. The molecule has 1 heterocycles. The van der Waals surface area contributed by atoms with E-state index in [1.54, 1.807) is 0 Å². The normalized spacial score (nSPS) is 15.2. The molecule has 0 fully saturated rings. The molecule has 86 valence electrons. The van der Waals surface area contributed by atoms with Crippen LogP contribution < -0.4 is 5.32 Å². The molecule has 2 atom stereocenters. The molecule has 3 heteroatoms. The van der Waals surface area contributed by atoms with Crippen LogP contribution in [0.5, 0.6) is 0 Å². The first-order valence-electron chi connectivity index (χ1n) is 5.84. The minimum Gasteiger partial charge on any atom is -0.317 e. The van der Waals surface area contributed by atoms with Crippen LogP contribution in [0.3, 0.4) is 0 Å². The topological polar surface area (TPSA) is 29.9 Å². The van der Waals surface area contributed by atoms with Gasteiger partial charge in [-0.25, -0.2) is 0 Å². The van der Waals surface area contributed by atoms with Crippen LogP contribution >= 0.6 is 0 Å². The van der Waals surface area contributed by atoms with Crippen molar-refractivity contribution in [2.24, 2.45) is 5.92 Å². The predicted octanol–water partition coefficient (Wildman–Crippen LogP) is 2.08. The van der Waals surface area contributed by atoms with E-state index in [1.807, 2.05) is 17.9 Å². The Morgan fingerprint density at radius 2 is 2.20 bits per heavy atom. The average Bonchev–Trinajstić information content (AvgIpc) is 2.65. The standard InChI is InChI=1S/C12H23N3/c1-5-15-9-12(8-14-15)7-10(2)6-11(3)13-4/h8-11,13H,5-7H2,1-4H3. The van der Waals surface area contributed by atoms with Gasteiger partial charge in [0.2, 0.25) is 0 Å². The van der Waals surface area contributed by atoms with Gasteiger partial charge in [0.25, 0.3) is 0 Å². The van der Waals surface area contributed by atoms with E-state index >= 15 is 0 Å². The van der Waals surface area contributed by atoms with Gasteiger partial charge in [0, 0.05) is 18.8 Å². The second-order valence-corrected chi connectivity index (χ2v) is 4.44. The third kappa shape index (κ3) is 4.04. The monoisotopic (exact) mass is 209 g/mol. The zero-order valence-electron chi connectivity index (χ0n) is 10.3. The van der Waals surface area contributed by atoms with Gasteiger partial charge >= 0.3 is 0 Å². The number of aromatic nitrogens is 2. The quantitative estimate of drug-likeness (QED) is 0.777. The first-order chi connectivity index (χ1) is 7.15. The van der Waals surface area contributed by atoms with Gasteiger partial charge in [-0.15, -0.1) is 0 Å². The molecule has 0 saturated heterocycles. The third-order valence-electron chi connectivity index (χ3n) is 2.84. The van der Waals surface area contributed by atoms with Crippen molar-refractivity contribution in [3.05, 3.63) is 18.0 Å². The molecule has 0 saturated carbocycles. The fourth-order valence-corrected chi connectivity index (χ4v) is 1.89. The lowest BCUT2D eigenvalue weighted by atomic mass is 9.97. The Kier molecular flexibility index (Phi) is 4.82. The van der Waals surface area contributed by atoms with Gasteiger partial charge in [-0.05, 0) is 45.2 Å². The van der Waals surface area contributed by atoms with Crippen LogP contribution in [0.4, 0.5) is 0 Å². The van der Waals surface area contributed by atoms with E-state index in [0.717, 1.165) is 13.0 Å². The summed E-state index contributed by atoms with van der Waals surface area (Å²) in [5.74, 6) is 0.710. The number of hydrogen-bond acceptors (Lipinski definition) is 2. The molecule has 3 nitrogen and oxygen atoms in total. The summed E-state index contributed by atoms with van der Waals surface area (Å²) in [5.41, 5.74) is 1.35. The summed E-state index contributed by atoms with van der Waals surface area (Å²) in [7, 11) is 2.02. The van der Waals surface area contributed by atoms with Crippen molar-refractivity contribution in [3.8, 4) is 0 Å². The van der Waals surface area contributed by atoms with Crippen molar-refractivity contribution >= 4 is 0 Å². The summed E-state index contributed by atoms with van der Waals surface area (Å²) in [5, 5.41) is 7.57. The molecule has 0 aliphatic heterocycles. The first kappa shape index (κ1) is 12.2. The number of hydrogen-bond donors (Lipinski definition) is 1. The molecule has 0 aromatic carbocycles. The Morgan fingerprint density at radius 1 is 1.47 bits per heavy atom. The maximum atomic E-state index is 4.29. The zero-order valence-corrected chi connectivity index (χ0v) is 10.3. The van der Waals surface area contributed by atoms with Gasteiger partial charge < -0.3 is 5.32 Å². The minimum atomic E-state index is 0.598. The van der Waals surface area contributed by atoms with Crippen LogP contribution in [-0.2, 0) is 13.0 Å². The summed E-state index contributed by atoms with van der Waals surface area (Å²) in [6, 6.07) is 0.598. The first-order valence-corrected chi connectivity index (χ1v) is 5.84. The molecular weight excluding hydrogens is 186 g/mol. The highest BCUT2D eigenvalue weighted by Crippen LogP contribution is 2.13. The van der Waals surface area contributed by atoms with Gasteiger partial charge in [-0.1, -0.05) is 6.92 Å². The second-order valence-electron chi connectivity index (χ2n) is 4.44. The lowest BCUT2D eigenvalue weighted by molar-refractivity contribution is 0.440. The molecule has 1 rings (SSSR count). The Balaban J connectivity index is 2.40. The summed E-state index contributed by atoms with van der Waals surface area (Å²) >= 11 is 0. The van der Waals surface area contributed by atoms with Gasteiger partial charge in [0.05, 0.1) is 6.20 Å². The number of aryl methyl sites for hydroxylation is 1. The molecule has 0 aliphatic carbocycles. The highest BCUT2D eigenvalue weighted by molar-refractivity contribution is 5.04. The lowest BCUT2D eigenvalue weighted by Crippen LogP contribution is -2.24. The van der Waals surface area contributed by atoms with E-state index in [2.05, 4.69) is 37.4 Å². The van der Waals surface area contributed by atoms with Gasteiger partial charge in [0.15, 0.2) is 0 Å². The highest BCUT2D eigenvalue weighted by atomic mass is 15.3. The smallest absolute Gasteiger partial charge is 0.0521 e. The van der Waals surface area contributed by atoms with E-state index < -0.39 is 0 Å². The van der Waals surface area contributed by atoms with Crippen molar-refractivity contribution in [3.63, 3.8) is 0 Å². The van der Waals surface area contributed by atoms with Crippen LogP contribution in [0.25, 0.3) is 0 Å². The van der Waals surface area contributed by atoms with Gasteiger partial charge in [-0.2, -0.15) is 5.10 Å². The summed E-state index contributed by atoms with van der Waals surface area (Å²) in [4.78, 5) is 0. The fourth-order valence-electron chi connectivity index (χ4n) is 1.89. The van der Waals surface area contributed by atoms with Crippen molar-refractivity contribution in [2.75, 3.05) is 7.05 Å². The zero-order chi connectivity index (χ0) is 11.3. The third-order valence-corrected chi connectivity index (χ3v) is 2.84. The summed E-state index contributed by atoms with van der Waals surface area (Å²) in [6.45, 7) is 7.60. The van der Waals surface area contributed by atoms with E-state index in [9.17, 15) is 0 Å². The van der Waals surface area contributed by atoms with Crippen LogP contribution in [0.1, 0.15) is 32.8 Å². The summed E-state index contributed by atoms with van der Waals surface area (Å²) in [6.07, 6.45) is 6.49. The molecule has 0 aliphatic rings. The van der Waals surface area contributed by atoms with Crippen molar-refractivity contribution in [2.45, 2.75) is 46.2 Å². The van der Waals surface area contributed by atoms with Crippen molar-refractivity contribution < 1.29 is 0 Å². The number of nitrogens with zero attached hydrogens (tertiary/aromatic N) is 2. The Hall–Kier alpha value is -0.830. The van der Waals surface area contributed by atoms with Crippen LogP contribution in [0, 0.1) is 5.92 Å². The Morgan fingerprint density at radius 3 is 2.73 bits per heavy atom. The van der Waals surface area contributed by atoms with Crippen LogP contribution in [0.15, 0.2) is 12.4 Å². The van der Waals surface area contributed by atoms with Crippen LogP contribution in [0.2, 0.25) is 0 Å². The minimum absolute atomic E-state index is 0.598. The molecule has 0 radical (unpaired) electrons. The van der Waals surface area contributed by atoms with Crippen LogP contribution in [-0.4, -0.2) is 22.9 Å². The highest BCUT2D eigenvalue weighted by Gasteiger charge is 2.08. The number of rotatable bonds is 6. The van der Waals surface area contributed by atoms with Gasteiger partial charge in [-0.3, -0.25) is 4.68 Å². The molecule has 0 amide bonds. The molecule has 1 aromatic rings. The van der Waals surface area contributed by atoms with E-state index in [0.29, 0.717) is 12.0 Å². The van der Waals surface area contributed by atoms with E-state index in [1.165, 1.54) is 12.0 Å². The van der Waals surface area contributed by atoms with E-state index in [4.69, 9.17) is 0 Å². The molecule has 1 aromatic heterocycles. The number of nitrogens with one attached hydrogen (secondary N) is 1. The molecule has 2 unspecified atom stereocenters. The summed E-state index contributed by atoms with van der Waals surface area (Å²) < 4.78 is 1.99. The largest absolute Gasteiger partial charge is 0.317 e. The van der Waals surface area contributed by atoms with Crippen molar-refractivity contribution in [1.29, 1.82) is 0 Å². The average molecular weight is 209 g/mol. The lowest BCUT2D eigenvalue weighted by Gasteiger charge is -2.15. The Bertz CT molecular complexity index is 280. The molecule has 0 spiro atoms. The maximum absolute atomic E-state index is 4.29. The van der Waals surface area contributed by atoms with Crippen molar-refractivity contribution in [1.82, 2.24) is 15.1 Å². The Labute approximate surface area is 92.9 Å². The molecule has 0 bridgehead atoms. The fraction of sp³-hybridized carbons (Fsp3) is 0.750.